The van der Waals surface area contributed by atoms with Crippen molar-refractivity contribution in [2.45, 2.75) is 64.4 Å². The van der Waals surface area contributed by atoms with Crippen molar-refractivity contribution in [3.63, 3.8) is 0 Å². The molecule has 0 aliphatic heterocycles. The zero-order valence-electron chi connectivity index (χ0n) is 9.87. The zero-order chi connectivity index (χ0) is 10.9. The van der Waals surface area contributed by atoms with E-state index in [4.69, 9.17) is 10.00 Å². The van der Waals surface area contributed by atoms with Gasteiger partial charge >= 0.3 is 0 Å². The third-order valence-electron chi connectivity index (χ3n) is 3.20. The molecule has 0 saturated heterocycles. The first-order valence-corrected chi connectivity index (χ1v) is 6.39. The van der Waals surface area contributed by atoms with Crippen molar-refractivity contribution in [2.24, 2.45) is 5.92 Å². The van der Waals surface area contributed by atoms with Crippen LogP contribution in [-0.2, 0) is 4.74 Å². The minimum absolute atomic E-state index is 0.157. The summed E-state index contributed by atoms with van der Waals surface area (Å²) in [5.41, 5.74) is 0. The Morgan fingerprint density at radius 2 is 2.00 bits per heavy atom. The highest BCUT2D eigenvalue weighted by Gasteiger charge is 2.25. The Labute approximate surface area is 93.6 Å². The number of ether oxygens (including phenoxy) is 1. The van der Waals surface area contributed by atoms with E-state index >= 15 is 0 Å². The first-order valence-electron chi connectivity index (χ1n) is 6.39. The number of hydrogen-bond acceptors (Lipinski definition) is 2. The molecule has 0 aromatic carbocycles. The molecule has 86 valence electrons. The van der Waals surface area contributed by atoms with Gasteiger partial charge in [0.2, 0.25) is 0 Å². The molecule has 2 atom stereocenters. The maximum atomic E-state index is 8.97. The number of rotatable bonds is 6. The molecular formula is C13H23NO. The molecule has 2 unspecified atom stereocenters. The van der Waals surface area contributed by atoms with Gasteiger partial charge < -0.3 is 4.74 Å². The fraction of sp³-hybridized carbons (Fsp3) is 0.923. The predicted molar refractivity (Wildman–Crippen MR) is 61.5 cm³/mol. The van der Waals surface area contributed by atoms with Gasteiger partial charge in [0.1, 0.15) is 0 Å². The van der Waals surface area contributed by atoms with Gasteiger partial charge in [-0.3, -0.25) is 0 Å². The second-order valence-corrected chi connectivity index (χ2v) is 4.49. The molecule has 1 fully saturated rings. The predicted octanol–water partition coefficient (Wildman–Crippen LogP) is 3.67. The maximum absolute atomic E-state index is 8.97. The number of nitrogens with zero attached hydrogens (tertiary/aromatic N) is 1. The molecule has 0 bridgehead atoms. The number of unbranched alkanes of at least 4 members (excludes halogenated alkanes) is 3. The molecule has 1 rings (SSSR count). The molecular weight excluding hydrogens is 186 g/mol. The molecule has 0 aromatic heterocycles. The number of nitriles is 1. The second kappa shape index (κ2) is 7.70. The summed E-state index contributed by atoms with van der Waals surface area (Å²) in [5, 5.41) is 8.97. The summed E-state index contributed by atoms with van der Waals surface area (Å²) in [5.74, 6) is 0.157. The van der Waals surface area contributed by atoms with Gasteiger partial charge in [0.05, 0.1) is 18.1 Å². The zero-order valence-corrected chi connectivity index (χ0v) is 9.87. The summed E-state index contributed by atoms with van der Waals surface area (Å²) in [6.07, 6.45) is 9.78. The average molecular weight is 209 g/mol. The van der Waals surface area contributed by atoms with E-state index in [0.29, 0.717) is 0 Å². The molecule has 2 nitrogen and oxygen atoms in total. The summed E-state index contributed by atoms with van der Waals surface area (Å²) in [7, 11) is 0. The Bertz CT molecular complexity index is 197. The lowest BCUT2D eigenvalue weighted by Gasteiger charge is -2.26. The van der Waals surface area contributed by atoms with Crippen LogP contribution >= 0.6 is 0 Å². The Hall–Kier alpha value is -0.550. The monoisotopic (exact) mass is 209 g/mol. The molecule has 0 heterocycles. The van der Waals surface area contributed by atoms with Crippen LogP contribution < -0.4 is 0 Å². The van der Waals surface area contributed by atoms with Gasteiger partial charge in [-0.15, -0.1) is 0 Å². The highest BCUT2D eigenvalue weighted by atomic mass is 16.5. The van der Waals surface area contributed by atoms with Crippen molar-refractivity contribution in [1.82, 2.24) is 0 Å². The van der Waals surface area contributed by atoms with Crippen molar-refractivity contribution in [3.8, 4) is 6.07 Å². The van der Waals surface area contributed by atoms with Crippen LogP contribution in [0.5, 0.6) is 0 Å². The van der Waals surface area contributed by atoms with Gasteiger partial charge in [-0.25, -0.2) is 0 Å². The Balaban J connectivity index is 2.10. The van der Waals surface area contributed by atoms with E-state index in [2.05, 4.69) is 13.0 Å². The Morgan fingerprint density at radius 3 is 2.73 bits per heavy atom. The molecule has 0 amide bonds. The average Bonchev–Trinajstić information content (AvgIpc) is 2.29. The van der Waals surface area contributed by atoms with Crippen LogP contribution in [0.2, 0.25) is 0 Å². The van der Waals surface area contributed by atoms with Crippen molar-refractivity contribution >= 4 is 0 Å². The van der Waals surface area contributed by atoms with Crippen LogP contribution in [0, 0.1) is 17.2 Å². The van der Waals surface area contributed by atoms with Gasteiger partial charge in [0.15, 0.2) is 0 Å². The van der Waals surface area contributed by atoms with Crippen LogP contribution in [0.15, 0.2) is 0 Å². The van der Waals surface area contributed by atoms with Gasteiger partial charge in [-0.05, 0) is 19.3 Å². The van der Waals surface area contributed by atoms with Crippen molar-refractivity contribution in [1.29, 1.82) is 5.26 Å². The van der Waals surface area contributed by atoms with Crippen LogP contribution in [0.4, 0.5) is 0 Å². The molecule has 15 heavy (non-hydrogen) atoms. The Kier molecular flexibility index (Phi) is 6.43. The van der Waals surface area contributed by atoms with Crippen LogP contribution in [-0.4, -0.2) is 12.7 Å². The molecule has 0 radical (unpaired) electrons. The summed E-state index contributed by atoms with van der Waals surface area (Å²) < 4.78 is 5.81. The Morgan fingerprint density at radius 1 is 1.20 bits per heavy atom. The lowest BCUT2D eigenvalue weighted by molar-refractivity contribution is 0.00422. The van der Waals surface area contributed by atoms with E-state index in [1.165, 1.54) is 32.1 Å². The van der Waals surface area contributed by atoms with E-state index in [0.717, 1.165) is 25.9 Å². The molecule has 1 saturated carbocycles. The van der Waals surface area contributed by atoms with Crippen LogP contribution in [0.1, 0.15) is 58.3 Å². The summed E-state index contributed by atoms with van der Waals surface area (Å²) in [6.45, 7) is 3.07. The lowest BCUT2D eigenvalue weighted by Crippen LogP contribution is -2.27. The van der Waals surface area contributed by atoms with Gasteiger partial charge in [0.25, 0.3) is 0 Å². The topological polar surface area (TPSA) is 33.0 Å². The third kappa shape index (κ3) is 4.66. The molecule has 0 aromatic rings. The molecule has 2 heteroatoms. The first-order chi connectivity index (χ1) is 7.38. The SMILES string of the molecule is CCCCCCOC1CCCCC1C#N. The normalized spacial score (nSPS) is 26.1. The van der Waals surface area contributed by atoms with Crippen molar-refractivity contribution < 1.29 is 4.74 Å². The van der Waals surface area contributed by atoms with E-state index in [1.807, 2.05) is 0 Å². The van der Waals surface area contributed by atoms with Crippen LogP contribution in [0.3, 0.4) is 0 Å². The van der Waals surface area contributed by atoms with Crippen molar-refractivity contribution in [2.75, 3.05) is 6.61 Å². The smallest absolute Gasteiger partial charge is 0.0733 e. The summed E-state index contributed by atoms with van der Waals surface area (Å²) in [6, 6.07) is 2.38. The highest BCUT2D eigenvalue weighted by Crippen LogP contribution is 2.26. The molecule has 1 aliphatic rings. The van der Waals surface area contributed by atoms with Gasteiger partial charge in [0, 0.05) is 6.61 Å². The van der Waals surface area contributed by atoms with Gasteiger partial charge in [-0.2, -0.15) is 5.26 Å². The summed E-state index contributed by atoms with van der Waals surface area (Å²) in [4.78, 5) is 0. The van der Waals surface area contributed by atoms with E-state index in [9.17, 15) is 0 Å². The minimum atomic E-state index is 0.157. The third-order valence-corrected chi connectivity index (χ3v) is 3.20. The fourth-order valence-corrected chi connectivity index (χ4v) is 2.21. The van der Waals surface area contributed by atoms with E-state index in [-0.39, 0.29) is 12.0 Å². The fourth-order valence-electron chi connectivity index (χ4n) is 2.21. The number of hydrogen-bond donors (Lipinski definition) is 0. The van der Waals surface area contributed by atoms with Crippen molar-refractivity contribution in [3.05, 3.63) is 0 Å². The van der Waals surface area contributed by atoms with Gasteiger partial charge in [-0.1, -0.05) is 39.0 Å². The van der Waals surface area contributed by atoms with Crippen LogP contribution in [0.25, 0.3) is 0 Å². The lowest BCUT2D eigenvalue weighted by atomic mass is 9.87. The van der Waals surface area contributed by atoms with E-state index < -0.39 is 0 Å². The standard InChI is InChI=1S/C13H23NO/c1-2-3-4-7-10-15-13-9-6-5-8-12(13)11-14/h12-13H,2-10H2,1H3. The highest BCUT2D eigenvalue weighted by molar-refractivity contribution is 4.91. The second-order valence-electron chi connectivity index (χ2n) is 4.49. The molecule has 0 spiro atoms. The largest absolute Gasteiger partial charge is 0.377 e. The quantitative estimate of drug-likeness (QED) is 0.625. The minimum Gasteiger partial charge on any atom is -0.377 e. The summed E-state index contributed by atoms with van der Waals surface area (Å²) >= 11 is 0. The first kappa shape index (κ1) is 12.5. The molecule has 1 aliphatic carbocycles. The maximum Gasteiger partial charge on any atom is 0.0733 e. The molecule has 0 N–H and O–H groups in total. The van der Waals surface area contributed by atoms with E-state index in [1.54, 1.807) is 0 Å².